The standard InChI is InChI=1S/C19H34N4O2.HI/c1-5-20-19(21-12-14-24-4)22-16-17-10-8-9-11-18(17)25-15-13-23(6-2)7-3;/h8-11H,5-7,12-16H2,1-4H3,(H2,20,21,22);1H. The molecule has 1 aromatic carbocycles. The molecular weight excluding hydrogens is 443 g/mol. The first-order chi connectivity index (χ1) is 12.2. The predicted molar refractivity (Wildman–Crippen MR) is 120 cm³/mol. The third kappa shape index (κ3) is 10.2. The number of hydrogen-bond acceptors (Lipinski definition) is 4. The van der Waals surface area contributed by atoms with Crippen LogP contribution in [0.15, 0.2) is 29.3 Å². The van der Waals surface area contributed by atoms with Gasteiger partial charge in [-0.3, -0.25) is 0 Å². The summed E-state index contributed by atoms with van der Waals surface area (Å²) in [5.41, 5.74) is 1.09. The minimum atomic E-state index is 0. The molecule has 150 valence electrons. The van der Waals surface area contributed by atoms with Crippen molar-refractivity contribution in [1.29, 1.82) is 0 Å². The summed E-state index contributed by atoms with van der Waals surface area (Å²) in [6.07, 6.45) is 0. The number of guanidine groups is 1. The summed E-state index contributed by atoms with van der Waals surface area (Å²) in [5.74, 6) is 1.70. The van der Waals surface area contributed by atoms with E-state index in [1.165, 1.54) is 0 Å². The second-order valence-corrected chi connectivity index (χ2v) is 5.60. The highest BCUT2D eigenvalue weighted by Gasteiger charge is 2.05. The van der Waals surface area contributed by atoms with E-state index in [2.05, 4.69) is 47.4 Å². The number of rotatable bonds is 12. The third-order valence-electron chi connectivity index (χ3n) is 3.88. The van der Waals surface area contributed by atoms with E-state index in [1.54, 1.807) is 7.11 Å². The number of nitrogens with one attached hydrogen (secondary N) is 2. The van der Waals surface area contributed by atoms with E-state index >= 15 is 0 Å². The molecular formula is C19H35IN4O2. The monoisotopic (exact) mass is 478 g/mol. The van der Waals surface area contributed by atoms with Gasteiger partial charge in [0.1, 0.15) is 12.4 Å². The quantitative estimate of drug-likeness (QED) is 0.210. The van der Waals surface area contributed by atoms with Crippen molar-refractivity contribution in [2.75, 3.05) is 53.0 Å². The number of likely N-dealkylation sites (N-methyl/N-ethyl adjacent to an activating group) is 1. The molecule has 0 heterocycles. The Kier molecular flexibility index (Phi) is 15.5. The van der Waals surface area contributed by atoms with Gasteiger partial charge in [-0.1, -0.05) is 32.0 Å². The minimum absolute atomic E-state index is 0. The number of nitrogens with zero attached hydrogens (tertiary/aromatic N) is 2. The van der Waals surface area contributed by atoms with Crippen molar-refractivity contribution >= 4 is 29.9 Å². The first-order valence-corrected chi connectivity index (χ1v) is 9.19. The lowest BCUT2D eigenvalue weighted by molar-refractivity contribution is 0.203. The minimum Gasteiger partial charge on any atom is -0.492 e. The SMILES string of the molecule is CCNC(=NCc1ccccc1OCCN(CC)CC)NCCOC.I. The van der Waals surface area contributed by atoms with Crippen molar-refractivity contribution in [3.8, 4) is 5.75 Å². The van der Waals surface area contributed by atoms with Crippen LogP contribution in [0.2, 0.25) is 0 Å². The molecule has 0 unspecified atom stereocenters. The van der Waals surface area contributed by atoms with Crippen LogP contribution < -0.4 is 15.4 Å². The van der Waals surface area contributed by atoms with Gasteiger partial charge in [-0.25, -0.2) is 4.99 Å². The highest BCUT2D eigenvalue weighted by Crippen LogP contribution is 2.18. The van der Waals surface area contributed by atoms with E-state index in [0.717, 1.165) is 50.0 Å². The first-order valence-electron chi connectivity index (χ1n) is 9.19. The van der Waals surface area contributed by atoms with Crippen LogP contribution >= 0.6 is 24.0 Å². The number of aliphatic imine (C=N–C) groups is 1. The zero-order valence-corrected chi connectivity index (χ0v) is 18.9. The normalized spacial score (nSPS) is 11.2. The Hall–Kier alpha value is -1.06. The molecule has 0 amide bonds. The van der Waals surface area contributed by atoms with Crippen LogP contribution in [0, 0.1) is 0 Å². The Balaban J connectivity index is 0.00000625. The third-order valence-corrected chi connectivity index (χ3v) is 3.88. The van der Waals surface area contributed by atoms with Gasteiger partial charge in [0.15, 0.2) is 5.96 Å². The molecule has 0 aromatic heterocycles. The average molecular weight is 478 g/mol. The number of benzene rings is 1. The van der Waals surface area contributed by atoms with Gasteiger partial charge in [-0.05, 0) is 26.1 Å². The topological polar surface area (TPSA) is 58.1 Å². The maximum Gasteiger partial charge on any atom is 0.191 e. The van der Waals surface area contributed by atoms with Gasteiger partial charge in [-0.15, -0.1) is 24.0 Å². The first kappa shape index (κ1) is 24.9. The molecule has 6 nitrogen and oxygen atoms in total. The molecule has 0 aliphatic carbocycles. The van der Waals surface area contributed by atoms with E-state index in [9.17, 15) is 0 Å². The summed E-state index contributed by atoms with van der Waals surface area (Å²) in [6, 6.07) is 8.10. The van der Waals surface area contributed by atoms with Crippen LogP contribution in [0.25, 0.3) is 0 Å². The fraction of sp³-hybridized carbons (Fsp3) is 0.632. The van der Waals surface area contributed by atoms with Crippen molar-refractivity contribution in [3.63, 3.8) is 0 Å². The van der Waals surface area contributed by atoms with E-state index in [4.69, 9.17) is 9.47 Å². The van der Waals surface area contributed by atoms with Gasteiger partial charge < -0.3 is 25.0 Å². The van der Waals surface area contributed by atoms with E-state index in [-0.39, 0.29) is 24.0 Å². The molecule has 2 N–H and O–H groups in total. The van der Waals surface area contributed by atoms with Crippen LogP contribution in [0.3, 0.4) is 0 Å². The molecule has 0 bridgehead atoms. The van der Waals surface area contributed by atoms with Crippen molar-refractivity contribution in [1.82, 2.24) is 15.5 Å². The summed E-state index contributed by atoms with van der Waals surface area (Å²) >= 11 is 0. The van der Waals surface area contributed by atoms with Crippen molar-refractivity contribution in [2.45, 2.75) is 27.3 Å². The highest BCUT2D eigenvalue weighted by atomic mass is 127. The summed E-state index contributed by atoms with van der Waals surface area (Å²) in [6.45, 7) is 12.9. The molecule has 0 aliphatic rings. The lowest BCUT2D eigenvalue weighted by atomic mass is 10.2. The number of ether oxygens (including phenoxy) is 2. The van der Waals surface area contributed by atoms with Gasteiger partial charge in [0.2, 0.25) is 0 Å². The molecule has 0 aliphatic heterocycles. The van der Waals surface area contributed by atoms with Crippen LogP contribution in [0.4, 0.5) is 0 Å². The molecule has 26 heavy (non-hydrogen) atoms. The van der Waals surface area contributed by atoms with Gasteiger partial charge in [-0.2, -0.15) is 0 Å². The Morgan fingerprint density at radius 3 is 2.46 bits per heavy atom. The van der Waals surface area contributed by atoms with Gasteiger partial charge in [0.05, 0.1) is 13.2 Å². The van der Waals surface area contributed by atoms with Gasteiger partial charge in [0.25, 0.3) is 0 Å². The number of hydrogen-bond donors (Lipinski definition) is 2. The molecule has 1 rings (SSSR count). The van der Waals surface area contributed by atoms with Crippen molar-refractivity contribution in [2.24, 2.45) is 4.99 Å². The summed E-state index contributed by atoms with van der Waals surface area (Å²) in [4.78, 5) is 6.99. The molecule has 0 spiro atoms. The summed E-state index contributed by atoms with van der Waals surface area (Å²) in [7, 11) is 1.69. The maximum absolute atomic E-state index is 5.99. The molecule has 0 atom stereocenters. The molecule has 7 heteroatoms. The molecule has 0 fully saturated rings. The van der Waals surface area contributed by atoms with Crippen molar-refractivity contribution in [3.05, 3.63) is 29.8 Å². The second-order valence-electron chi connectivity index (χ2n) is 5.60. The van der Waals surface area contributed by atoms with E-state index in [1.807, 2.05) is 18.2 Å². The second kappa shape index (κ2) is 16.1. The number of para-hydroxylation sites is 1. The largest absolute Gasteiger partial charge is 0.492 e. The Labute approximate surface area is 175 Å². The molecule has 0 saturated heterocycles. The average Bonchev–Trinajstić information content (AvgIpc) is 2.64. The predicted octanol–water partition coefficient (Wildman–Crippen LogP) is 2.73. The highest BCUT2D eigenvalue weighted by molar-refractivity contribution is 14.0. The maximum atomic E-state index is 5.99. The Bertz CT molecular complexity index is 496. The summed E-state index contributed by atoms with van der Waals surface area (Å²) in [5, 5.41) is 6.49. The Morgan fingerprint density at radius 2 is 1.81 bits per heavy atom. The van der Waals surface area contributed by atoms with Crippen LogP contribution in [0.5, 0.6) is 5.75 Å². The Morgan fingerprint density at radius 1 is 1.08 bits per heavy atom. The molecule has 1 aromatic rings. The summed E-state index contributed by atoms with van der Waals surface area (Å²) < 4.78 is 11.1. The lowest BCUT2D eigenvalue weighted by Crippen LogP contribution is -2.38. The van der Waals surface area contributed by atoms with Crippen LogP contribution in [-0.4, -0.2) is 63.9 Å². The smallest absolute Gasteiger partial charge is 0.191 e. The van der Waals surface area contributed by atoms with Crippen LogP contribution in [0.1, 0.15) is 26.3 Å². The zero-order chi connectivity index (χ0) is 18.3. The lowest BCUT2D eigenvalue weighted by Gasteiger charge is -2.18. The fourth-order valence-electron chi connectivity index (χ4n) is 2.38. The van der Waals surface area contributed by atoms with Crippen LogP contribution in [-0.2, 0) is 11.3 Å². The molecule has 0 saturated carbocycles. The van der Waals surface area contributed by atoms with E-state index < -0.39 is 0 Å². The van der Waals surface area contributed by atoms with E-state index in [0.29, 0.717) is 19.8 Å². The van der Waals surface area contributed by atoms with Gasteiger partial charge in [0, 0.05) is 32.3 Å². The van der Waals surface area contributed by atoms with Crippen molar-refractivity contribution < 1.29 is 9.47 Å². The fourth-order valence-corrected chi connectivity index (χ4v) is 2.38. The van der Waals surface area contributed by atoms with Gasteiger partial charge >= 0.3 is 0 Å². The zero-order valence-electron chi connectivity index (χ0n) is 16.6. The molecule has 0 radical (unpaired) electrons. The number of halogens is 1. The number of methoxy groups -OCH3 is 1.